The maximum Gasteiger partial charge on any atom is 0.193 e. The zero-order valence-electron chi connectivity index (χ0n) is 19.2. The molecule has 5 aromatic rings. The second-order valence-electron chi connectivity index (χ2n) is 8.89. The van der Waals surface area contributed by atoms with Gasteiger partial charge in [-0.15, -0.1) is 0 Å². The minimum absolute atomic E-state index is 0.0373. The molecule has 2 heteroatoms. The first kappa shape index (κ1) is 21.8. The third kappa shape index (κ3) is 3.94. The van der Waals surface area contributed by atoms with Gasteiger partial charge in [0.1, 0.15) is 0 Å². The molecule has 0 heterocycles. The summed E-state index contributed by atoms with van der Waals surface area (Å²) >= 11 is 3.44. The predicted molar refractivity (Wildman–Crippen MR) is 150 cm³/mol. The van der Waals surface area contributed by atoms with Crippen molar-refractivity contribution < 1.29 is 4.79 Å². The highest BCUT2D eigenvalue weighted by Crippen LogP contribution is 2.32. The SMILES string of the molecule is O=C(c1ccc(Br)cc1)c1ccc(-c2c3c(c(-c4ccccc4)c4ccccc24)=CCCC=3)cc1. The predicted octanol–water partition coefficient (Wildman–Crippen LogP) is 7.52. The highest BCUT2D eigenvalue weighted by atomic mass is 79.9. The molecular formula is C33H23BrO. The molecule has 0 atom stereocenters. The Morgan fingerprint density at radius 2 is 1.00 bits per heavy atom. The molecule has 0 unspecified atom stereocenters. The van der Waals surface area contributed by atoms with Crippen molar-refractivity contribution in [1.29, 1.82) is 0 Å². The zero-order chi connectivity index (χ0) is 23.8. The van der Waals surface area contributed by atoms with Gasteiger partial charge in [-0.25, -0.2) is 0 Å². The normalized spacial score (nSPS) is 12.5. The number of carbonyl (C=O) groups excluding carboxylic acids is 1. The van der Waals surface area contributed by atoms with Crippen molar-refractivity contribution in [2.45, 2.75) is 12.8 Å². The van der Waals surface area contributed by atoms with Crippen LogP contribution in [-0.2, 0) is 0 Å². The Labute approximate surface area is 213 Å². The molecule has 0 N–H and O–H groups in total. The fourth-order valence-corrected chi connectivity index (χ4v) is 5.41. The van der Waals surface area contributed by atoms with E-state index in [9.17, 15) is 4.79 Å². The maximum atomic E-state index is 13.0. The first-order valence-corrected chi connectivity index (χ1v) is 12.7. The van der Waals surface area contributed by atoms with Gasteiger partial charge in [0.05, 0.1) is 0 Å². The van der Waals surface area contributed by atoms with E-state index in [-0.39, 0.29) is 5.78 Å². The number of rotatable bonds is 4. The molecule has 0 bridgehead atoms. The fourth-order valence-electron chi connectivity index (χ4n) is 5.14. The minimum atomic E-state index is 0.0373. The van der Waals surface area contributed by atoms with Gasteiger partial charge in [-0.05, 0) is 80.6 Å². The molecule has 0 aliphatic heterocycles. The molecule has 5 aromatic carbocycles. The molecule has 0 aromatic heterocycles. The molecule has 1 aliphatic rings. The van der Waals surface area contributed by atoms with E-state index < -0.39 is 0 Å². The van der Waals surface area contributed by atoms with Crippen molar-refractivity contribution in [2.75, 3.05) is 0 Å². The van der Waals surface area contributed by atoms with Crippen LogP contribution in [0, 0.1) is 0 Å². The first-order chi connectivity index (χ1) is 17.2. The standard InChI is InChI=1S/C33H23BrO/c34-26-20-18-25(19-21-26)33(35)24-16-14-23(15-17-24)32-29-12-6-4-10-27(29)31(22-8-2-1-3-9-22)28-11-5-7-13-30(28)32/h1-4,6,8-21H,5,7H2. The highest BCUT2D eigenvalue weighted by molar-refractivity contribution is 9.10. The molecule has 0 saturated carbocycles. The zero-order valence-corrected chi connectivity index (χ0v) is 20.8. The summed E-state index contributed by atoms with van der Waals surface area (Å²) < 4.78 is 0.966. The van der Waals surface area contributed by atoms with Gasteiger partial charge >= 0.3 is 0 Å². The Balaban J connectivity index is 1.55. The molecule has 168 valence electrons. The molecule has 0 fully saturated rings. The van der Waals surface area contributed by atoms with E-state index in [1.54, 1.807) is 0 Å². The summed E-state index contributed by atoms with van der Waals surface area (Å²) in [4.78, 5) is 13.0. The summed E-state index contributed by atoms with van der Waals surface area (Å²) in [6, 6.07) is 35.0. The van der Waals surface area contributed by atoms with E-state index in [0.717, 1.165) is 22.9 Å². The number of hydrogen-bond donors (Lipinski definition) is 0. The smallest absolute Gasteiger partial charge is 0.193 e. The molecular weight excluding hydrogens is 492 g/mol. The van der Waals surface area contributed by atoms with Gasteiger partial charge in [0, 0.05) is 15.6 Å². The lowest BCUT2D eigenvalue weighted by molar-refractivity contribution is 0.103. The van der Waals surface area contributed by atoms with Crippen molar-refractivity contribution >= 4 is 44.6 Å². The fraction of sp³-hybridized carbons (Fsp3) is 0.0606. The molecule has 0 amide bonds. The lowest BCUT2D eigenvalue weighted by atomic mass is 9.86. The maximum absolute atomic E-state index is 13.0. The van der Waals surface area contributed by atoms with Gasteiger partial charge in [-0.1, -0.05) is 107 Å². The van der Waals surface area contributed by atoms with Crippen LogP contribution in [0.25, 0.3) is 45.2 Å². The summed E-state index contributed by atoms with van der Waals surface area (Å²) in [5.74, 6) is 0.0373. The van der Waals surface area contributed by atoms with E-state index >= 15 is 0 Å². The van der Waals surface area contributed by atoms with Gasteiger partial charge < -0.3 is 0 Å². The molecule has 35 heavy (non-hydrogen) atoms. The average molecular weight is 515 g/mol. The number of fused-ring (bicyclic) bond motifs is 2. The molecule has 0 radical (unpaired) electrons. The lowest BCUT2D eigenvalue weighted by Gasteiger charge is -2.17. The van der Waals surface area contributed by atoms with Gasteiger partial charge in [-0.3, -0.25) is 4.79 Å². The van der Waals surface area contributed by atoms with Crippen molar-refractivity contribution in [1.82, 2.24) is 0 Å². The number of benzene rings is 5. The quantitative estimate of drug-likeness (QED) is 0.226. The Hall–Kier alpha value is -3.75. The van der Waals surface area contributed by atoms with Crippen molar-refractivity contribution in [3.8, 4) is 22.3 Å². The van der Waals surface area contributed by atoms with Crippen molar-refractivity contribution in [2.24, 2.45) is 0 Å². The number of carbonyl (C=O) groups is 1. The van der Waals surface area contributed by atoms with Crippen molar-refractivity contribution in [3.63, 3.8) is 0 Å². The van der Waals surface area contributed by atoms with Crippen LogP contribution >= 0.6 is 15.9 Å². The van der Waals surface area contributed by atoms with Gasteiger partial charge in [-0.2, -0.15) is 0 Å². The van der Waals surface area contributed by atoms with Crippen LogP contribution in [0.2, 0.25) is 0 Å². The monoisotopic (exact) mass is 514 g/mol. The first-order valence-electron chi connectivity index (χ1n) is 11.9. The van der Waals surface area contributed by atoms with Crippen LogP contribution in [-0.4, -0.2) is 5.78 Å². The Kier molecular flexibility index (Phi) is 5.67. The molecule has 1 aliphatic carbocycles. The largest absolute Gasteiger partial charge is 0.289 e. The summed E-state index contributed by atoms with van der Waals surface area (Å²) in [6.07, 6.45) is 6.85. The third-order valence-electron chi connectivity index (χ3n) is 6.76. The van der Waals surface area contributed by atoms with Crippen LogP contribution in [0.3, 0.4) is 0 Å². The molecule has 6 rings (SSSR count). The molecule has 0 saturated heterocycles. The minimum Gasteiger partial charge on any atom is -0.289 e. The lowest BCUT2D eigenvalue weighted by Crippen LogP contribution is -2.31. The van der Waals surface area contributed by atoms with E-state index in [2.05, 4.69) is 94.8 Å². The Morgan fingerprint density at radius 1 is 0.543 bits per heavy atom. The highest BCUT2D eigenvalue weighted by Gasteiger charge is 2.16. The van der Waals surface area contributed by atoms with E-state index in [1.165, 1.54) is 37.9 Å². The van der Waals surface area contributed by atoms with Crippen LogP contribution in [0.1, 0.15) is 28.8 Å². The molecule has 1 nitrogen and oxygen atoms in total. The Morgan fingerprint density at radius 3 is 1.54 bits per heavy atom. The van der Waals surface area contributed by atoms with Crippen LogP contribution in [0.4, 0.5) is 0 Å². The van der Waals surface area contributed by atoms with Gasteiger partial charge in [0.15, 0.2) is 5.78 Å². The number of hydrogen-bond acceptors (Lipinski definition) is 1. The van der Waals surface area contributed by atoms with Crippen LogP contribution in [0.5, 0.6) is 0 Å². The second kappa shape index (κ2) is 9.13. The van der Waals surface area contributed by atoms with Gasteiger partial charge in [0.25, 0.3) is 0 Å². The van der Waals surface area contributed by atoms with E-state index in [1.807, 2.05) is 36.4 Å². The average Bonchev–Trinajstić information content (AvgIpc) is 2.92. The summed E-state index contributed by atoms with van der Waals surface area (Å²) in [6.45, 7) is 0. The molecule has 0 spiro atoms. The van der Waals surface area contributed by atoms with E-state index in [0.29, 0.717) is 11.1 Å². The topological polar surface area (TPSA) is 17.1 Å². The van der Waals surface area contributed by atoms with Crippen LogP contribution < -0.4 is 10.4 Å². The number of ketones is 1. The van der Waals surface area contributed by atoms with Crippen molar-refractivity contribution in [3.05, 3.63) is 129 Å². The number of halogens is 1. The van der Waals surface area contributed by atoms with Gasteiger partial charge in [0.2, 0.25) is 0 Å². The Bertz CT molecular complexity index is 1680. The second-order valence-corrected chi connectivity index (χ2v) is 9.80. The summed E-state index contributed by atoms with van der Waals surface area (Å²) in [5.41, 5.74) is 6.32. The van der Waals surface area contributed by atoms with Crippen LogP contribution in [0.15, 0.2) is 108 Å². The van der Waals surface area contributed by atoms with E-state index in [4.69, 9.17) is 0 Å². The summed E-state index contributed by atoms with van der Waals surface area (Å²) in [5, 5.41) is 5.10. The summed E-state index contributed by atoms with van der Waals surface area (Å²) in [7, 11) is 0. The third-order valence-corrected chi connectivity index (χ3v) is 7.29.